The minimum atomic E-state index is -0.202. The van der Waals surface area contributed by atoms with E-state index in [-0.39, 0.29) is 16.9 Å². The van der Waals surface area contributed by atoms with Crippen molar-refractivity contribution in [1.82, 2.24) is 0 Å². The summed E-state index contributed by atoms with van der Waals surface area (Å²) in [6.45, 7) is 4.70. The van der Waals surface area contributed by atoms with Crippen molar-refractivity contribution in [3.8, 4) is 0 Å². The number of carbonyl (C=O) groups is 1. The minimum absolute atomic E-state index is 0.161. The lowest BCUT2D eigenvalue weighted by Crippen LogP contribution is -2.50. The van der Waals surface area contributed by atoms with Crippen LogP contribution in [0.1, 0.15) is 64.4 Å². The Morgan fingerprint density at radius 1 is 1.00 bits per heavy atom. The largest absolute Gasteiger partial charge is 0.393 e. The van der Waals surface area contributed by atoms with Crippen LogP contribution in [-0.2, 0) is 4.79 Å². The van der Waals surface area contributed by atoms with Crippen LogP contribution in [0.3, 0.4) is 0 Å². The molecule has 4 aliphatic rings. The fraction of sp³-hybridized carbons (Fsp3) is 0.607. The third-order valence-corrected chi connectivity index (χ3v) is 9.47. The van der Waals surface area contributed by atoms with Gasteiger partial charge in [0.25, 0.3) is 0 Å². The molecular formula is C28H37NO2. The lowest BCUT2D eigenvalue weighted by atomic mass is 9.48. The zero-order chi connectivity index (χ0) is 22.0. The zero-order valence-electron chi connectivity index (χ0n) is 19.5. The molecule has 3 fully saturated rings. The van der Waals surface area contributed by atoms with Crippen LogP contribution in [0.4, 0.5) is 5.69 Å². The molecule has 0 aliphatic heterocycles. The van der Waals surface area contributed by atoms with Crippen molar-refractivity contribution >= 4 is 17.5 Å². The number of anilines is 1. The third kappa shape index (κ3) is 3.23. The summed E-state index contributed by atoms with van der Waals surface area (Å²) in [6, 6.07) is 8.52. The van der Waals surface area contributed by atoms with Gasteiger partial charge in [0.1, 0.15) is 0 Å². The van der Waals surface area contributed by atoms with E-state index in [1.807, 2.05) is 14.1 Å². The maximum atomic E-state index is 13.6. The summed E-state index contributed by atoms with van der Waals surface area (Å²) in [5, 5.41) is 10.2. The molecule has 4 aliphatic carbocycles. The van der Waals surface area contributed by atoms with Crippen molar-refractivity contribution in [1.29, 1.82) is 0 Å². The van der Waals surface area contributed by atoms with Gasteiger partial charge in [-0.05, 0) is 97.5 Å². The summed E-state index contributed by atoms with van der Waals surface area (Å²) >= 11 is 0. The quantitative estimate of drug-likeness (QED) is 0.498. The predicted molar refractivity (Wildman–Crippen MR) is 127 cm³/mol. The number of allylic oxidation sites excluding steroid dienone is 2. The minimum Gasteiger partial charge on any atom is -0.393 e. The predicted octanol–water partition coefficient (Wildman–Crippen LogP) is 5.64. The number of fused-ring (bicyclic) bond motifs is 5. The first-order chi connectivity index (χ1) is 14.7. The van der Waals surface area contributed by atoms with Crippen LogP contribution in [-0.4, -0.2) is 31.1 Å². The highest BCUT2D eigenvalue weighted by Gasteiger charge is 2.59. The molecular weight excluding hydrogens is 382 g/mol. The first-order valence-corrected chi connectivity index (χ1v) is 12.1. The number of hydrogen-bond donors (Lipinski definition) is 1. The van der Waals surface area contributed by atoms with E-state index in [0.717, 1.165) is 56.1 Å². The van der Waals surface area contributed by atoms with Gasteiger partial charge in [-0.25, -0.2) is 0 Å². The molecule has 0 aromatic heterocycles. The molecule has 3 saturated carbocycles. The molecule has 0 bridgehead atoms. The van der Waals surface area contributed by atoms with E-state index in [0.29, 0.717) is 23.5 Å². The maximum absolute atomic E-state index is 13.6. The fourth-order valence-corrected chi connectivity index (χ4v) is 7.51. The molecule has 6 atom stereocenters. The number of carbonyl (C=O) groups excluding carboxylic acids is 1. The monoisotopic (exact) mass is 419 g/mol. The fourth-order valence-electron chi connectivity index (χ4n) is 7.51. The molecule has 166 valence electrons. The van der Waals surface area contributed by atoms with Gasteiger partial charge in [-0.15, -0.1) is 0 Å². The van der Waals surface area contributed by atoms with E-state index in [4.69, 9.17) is 0 Å². The van der Waals surface area contributed by atoms with Gasteiger partial charge in [0.2, 0.25) is 0 Å². The Kier molecular flexibility index (Phi) is 4.97. The molecule has 3 heteroatoms. The Hall–Kier alpha value is -1.87. The second-order valence-electron chi connectivity index (χ2n) is 11.3. The van der Waals surface area contributed by atoms with E-state index in [9.17, 15) is 9.90 Å². The second kappa shape index (κ2) is 7.33. The first kappa shape index (κ1) is 21.0. The van der Waals surface area contributed by atoms with Crippen LogP contribution in [0, 0.1) is 28.6 Å². The average Bonchev–Trinajstić information content (AvgIpc) is 2.99. The summed E-state index contributed by atoms with van der Waals surface area (Å²) in [6.07, 6.45) is 11.5. The zero-order valence-corrected chi connectivity index (χ0v) is 19.5. The van der Waals surface area contributed by atoms with Crippen molar-refractivity contribution in [3.05, 3.63) is 47.1 Å². The Morgan fingerprint density at radius 3 is 2.42 bits per heavy atom. The molecule has 3 nitrogen and oxygen atoms in total. The number of aliphatic hydroxyl groups is 1. The van der Waals surface area contributed by atoms with Gasteiger partial charge >= 0.3 is 0 Å². The lowest BCUT2D eigenvalue weighted by molar-refractivity contribution is -0.130. The number of aliphatic hydroxyl groups excluding tert-OH is 1. The smallest absolute Gasteiger partial charge is 0.165 e. The Bertz CT molecular complexity index is 942. The second-order valence-corrected chi connectivity index (χ2v) is 11.3. The van der Waals surface area contributed by atoms with E-state index in [1.165, 1.54) is 11.3 Å². The number of Topliss-reactive ketones (excluding diaryl/α,β-unsaturated/α-hetero) is 1. The topological polar surface area (TPSA) is 40.5 Å². The molecule has 1 N–H and O–H groups in total. The molecule has 1 aromatic rings. The van der Waals surface area contributed by atoms with Gasteiger partial charge in [0, 0.05) is 25.2 Å². The van der Waals surface area contributed by atoms with Crippen LogP contribution in [0.25, 0.3) is 6.08 Å². The Labute approximate surface area is 187 Å². The molecule has 1 aromatic carbocycles. The highest BCUT2D eigenvalue weighted by Crippen LogP contribution is 2.64. The average molecular weight is 420 g/mol. The van der Waals surface area contributed by atoms with E-state index >= 15 is 0 Å². The number of nitrogens with zero attached hydrogens (tertiary/aromatic N) is 1. The molecule has 0 radical (unpaired) electrons. The van der Waals surface area contributed by atoms with Gasteiger partial charge in [0.15, 0.2) is 5.78 Å². The summed E-state index contributed by atoms with van der Waals surface area (Å²) < 4.78 is 0. The summed E-state index contributed by atoms with van der Waals surface area (Å²) in [7, 11) is 4.10. The van der Waals surface area contributed by atoms with Crippen molar-refractivity contribution in [3.63, 3.8) is 0 Å². The molecule has 0 heterocycles. The maximum Gasteiger partial charge on any atom is 0.165 e. The van der Waals surface area contributed by atoms with E-state index < -0.39 is 0 Å². The van der Waals surface area contributed by atoms with Crippen molar-refractivity contribution < 1.29 is 9.90 Å². The van der Waals surface area contributed by atoms with Crippen molar-refractivity contribution in [2.45, 2.75) is 64.9 Å². The van der Waals surface area contributed by atoms with Gasteiger partial charge in [-0.2, -0.15) is 0 Å². The summed E-state index contributed by atoms with van der Waals surface area (Å²) in [5.41, 5.74) is 4.86. The highest BCUT2D eigenvalue weighted by molar-refractivity contribution is 6.06. The molecule has 0 saturated heterocycles. The van der Waals surface area contributed by atoms with E-state index in [1.54, 1.807) is 0 Å². The van der Waals surface area contributed by atoms with Gasteiger partial charge in [-0.3, -0.25) is 4.79 Å². The SMILES string of the molecule is CN(C)c1ccc(/C=C2\C[C@@H]3[C@@H]4CC=C5C[C@H](O)CC[C@@]5(C)[C@H]4CC[C@@]3(C)C2=O)cc1. The Morgan fingerprint density at radius 2 is 1.71 bits per heavy atom. The Balaban J connectivity index is 1.44. The number of rotatable bonds is 2. The normalized spacial score (nSPS) is 40.7. The third-order valence-electron chi connectivity index (χ3n) is 9.47. The van der Waals surface area contributed by atoms with Crippen LogP contribution >= 0.6 is 0 Å². The lowest BCUT2D eigenvalue weighted by Gasteiger charge is -2.56. The van der Waals surface area contributed by atoms with Gasteiger partial charge in [-0.1, -0.05) is 37.6 Å². The molecule has 0 spiro atoms. The first-order valence-electron chi connectivity index (χ1n) is 12.1. The van der Waals surface area contributed by atoms with Crippen LogP contribution < -0.4 is 4.90 Å². The van der Waals surface area contributed by atoms with Crippen LogP contribution in [0.2, 0.25) is 0 Å². The van der Waals surface area contributed by atoms with Crippen LogP contribution in [0.15, 0.2) is 41.5 Å². The molecule has 31 heavy (non-hydrogen) atoms. The van der Waals surface area contributed by atoms with Gasteiger partial charge < -0.3 is 10.0 Å². The van der Waals surface area contributed by atoms with Crippen LogP contribution in [0.5, 0.6) is 0 Å². The van der Waals surface area contributed by atoms with Gasteiger partial charge in [0.05, 0.1) is 6.10 Å². The number of benzene rings is 1. The van der Waals surface area contributed by atoms with E-state index in [2.05, 4.69) is 55.2 Å². The number of ketones is 1. The standard InChI is InChI=1S/C28H37NO2/c1-27-13-11-22(30)17-20(27)7-10-23-24(27)12-14-28(2)25(23)16-19(26(28)31)15-18-5-8-21(9-6-18)29(3)4/h5-9,15,22-25,30H,10-14,16-17H2,1-4H3/b19-15+/t22-,23-,24+,25-,27-,28-/m1/s1. The highest BCUT2D eigenvalue weighted by atomic mass is 16.3. The summed E-state index contributed by atoms with van der Waals surface area (Å²) in [4.78, 5) is 15.7. The molecule has 0 unspecified atom stereocenters. The van der Waals surface area contributed by atoms with Crippen molar-refractivity contribution in [2.24, 2.45) is 28.6 Å². The molecule has 0 amide bonds. The summed E-state index contributed by atoms with van der Waals surface area (Å²) in [5.74, 6) is 2.09. The van der Waals surface area contributed by atoms with Crippen molar-refractivity contribution in [2.75, 3.05) is 19.0 Å². The number of hydrogen-bond acceptors (Lipinski definition) is 3. The molecule has 5 rings (SSSR count).